The number of likely N-dealkylation sites (N-methyl/N-ethyl adjacent to an activating group) is 1. The van der Waals surface area contributed by atoms with Crippen molar-refractivity contribution in [2.45, 2.75) is 0 Å². The van der Waals surface area contributed by atoms with Crippen molar-refractivity contribution in [2.75, 3.05) is 13.6 Å². The van der Waals surface area contributed by atoms with Gasteiger partial charge in [0.2, 0.25) is 0 Å². The molecule has 1 N–H and O–H groups in total. The topological polar surface area (TPSA) is 70.5 Å². The van der Waals surface area contributed by atoms with Gasteiger partial charge in [0, 0.05) is 23.7 Å². The number of aliphatic carboxylic acids is 1. The number of hydrogen-bond acceptors (Lipinski definition) is 3. The van der Waals surface area contributed by atoms with Gasteiger partial charge in [-0.05, 0) is 18.2 Å². The molecule has 98 valence electrons. The zero-order chi connectivity index (χ0) is 14.0. The molecule has 1 heterocycles. The van der Waals surface area contributed by atoms with E-state index in [1.165, 1.54) is 13.2 Å². The van der Waals surface area contributed by atoms with Crippen LogP contribution in [0.1, 0.15) is 10.4 Å². The largest absolute Gasteiger partial charge is 0.480 e. The quantitative estimate of drug-likeness (QED) is 0.933. The van der Waals surface area contributed by atoms with E-state index in [0.29, 0.717) is 16.1 Å². The van der Waals surface area contributed by atoms with Crippen molar-refractivity contribution in [2.24, 2.45) is 0 Å². The van der Waals surface area contributed by atoms with E-state index in [4.69, 9.17) is 16.7 Å². The van der Waals surface area contributed by atoms with Crippen LogP contribution in [0, 0.1) is 0 Å². The first-order chi connectivity index (χ1) is 8.97. The summed E-state index contributed by atoms with van der Waals surface area (Å²) in [5.41, 5.74) is 1.03. The third-order valence-corrected chi connectivity index (χ3v) is 2.85. The molecule has 0 saturated heterocycles. The van der Waals surface area contributed by atoms with Crippen LogP contribution in [-0.4, -0.2) is 40.5 Å². The smallest absolute Gasteiger partial charge is 0.323 e. The van der Waals surface area contributed by atoms with Crippen LogP contribution >= 0.6 is 11.6 Å². The summed E-state index contributed by atoms with van der Waals surface area (Å²) in [5, 5.41) is 10.0. The molecule has 0 atom stereocenters. The predicted octanol–water partition coefficient (Wildman–Crippen LogP) is 2.04. The SMILES string of the molecule is CN(CC(=O)O)C(=O)c1cnc2cc(Cl)ccc2c1. The van der Waals surface area contributed by atoms with Crippen LogP contribution in [0.2, 0.25) is 5.02 Å². The normalized spacial score (nSPS) is 10.4. The van der Waals surface area contributed by atoms with Crippen molar-refractivity contribution in [3.63, 3.8) is 0 Å². The van der Waals surface area contributed by atoms with E-state index in [1.807, 2.05) is 0 Å². The lowest BCUT2D eigenvalue weighted by Crippen LogP contribution is -2.31. The van der Waals surface area contributed by atoms with Gasteiger partial charge in [-0.2, -0.15) is 0 Å². The van der Waals surface area contributed by atoms with Gasteiger partial charge in [-0.15, -0.1) is 0 Å². The van der Waals surface area contributed by atoms with Crippen LogP contribution in [0.15, 0.2) is 30.5 Å². The number of rotatable bonds is 3. The summed E-state index contributed by atoms with van der Waals surface area (Å²) in [7, 11) is 1.43. The molecule has 2 rings (SSSR count). The van der Waals surface area contributed by atoms with Crippen molar-refractivity contribution >= 4 is 34.4 Å². The Morgan fingerprint density at radius 1 is 1.37 bits per heavy atom. The lowest BCUT2D eigenvalue weighted by Gasteiger charge is -2.14. The van der Waals surface area contributed by atoms with Crippen molar-refractivity contribution in [1.29, 1.82) is 0 Å². The maximum absolute atomic E-state index is 12.0. The molecule has 0 aliphatic carbocycles. The van der Waals surface area contributed by atoms with Crippen molar-refractivity contribution in [3.8, 4) is 0 Å². The molecule has 1 amide bonds. The average molecular weight is 279 g/mol. The fraction of sp³-hybridized carbons (Fsp3) is 0.154. The van der Waals surface area contributed by atoms with Crippen molar-refractivity contribution in [1.82, 2.24) is 9.88 Å². The van der Waals surface area contributed by atoms with Gasteiger partial charge in [-0.1, -0.05) is 17.7 Å². The number of halogens is 1. The Morgan fingerprint density at radius 3 is 2.79 bits per heavy atom. The summed E-state index contributed by atoms with van der Waals surface area (Å²) in [6, 6.07) is 6.84. The number of benzene rings is 1. The molecule has 19 heavy (non-hydrogen) atoms. The predicted molar refractivity (Wildman–Crippen MR) is 71.3 cm³/mol. The van der Waals surface area contributed by atoms with E-state index in [9.17, 15) is 9.59 Å². The third kappa shape index (κ3) is 3.00. The highest BCUT2D eigenvalue weighted by atomic mass is 35.5. The first-order valence-corrected chi connectivity index (χ1v) is 5.88. The van der Waals surface area contributed by atoms with Crippen LogP contribution in [0.5, 0.6) is 0 Å². The lowest BCUT2D eigenvalue weighted by molar-refractivity contribution is -0.137. The molecular formula is C13H11ClN2O3. The fourth-order valence-electron chi connectivity index (χ4n) is 1.71. The molecule has 0 aliphatic heterocycles. The molecule has 0 spiro atoms. The van der Waals surface area contributed by atoms with Crippen LogP contribution in [-0.2, 0) is 4.79 Å². The highest BCUT2D eigenvalue weighted by Crippen LogP contribution is 2.18. The lowest BCUT2D eigenvalue weighted by atomic mass is 10.1. The molecule has 6 heteroatoms. The van der Waals surface area contributed by atoms with Gasteiger partial charge in [0.1, 0.15) is 6.54 Å². The summed E-state index contributed by atoms with van der Waals surface area (Å²) >= 11 is 5.85. The van der Waals surface area contributed by atoms with E-state index in [2.05, 4.69) is 4.98 Å². The standard InChI is InChI=1S/C13H11ClN2O3/c1-16(7-12(17)18)13(19)9-4-8-2-3-10(14)5-11(8)15-6-9/h2-6H,7H2,1H3,(H,17,18). The Bertz CT molecular complexity index is 657. The number of fused-ring (bicyclic) bond motifs is 1. The molecule has 2 aromatic rings. The molecule has 0 fully saturated rings. The third-order valence-electron chi connectivity index (χ3n) is 2.61. The molecule has 0 saturated carbocycles. The van der Waals surface area contributed by atoms with E-state index in [1.54, 1.807) is 24.3 Å². The fourth-order valence-corrected chi connectivity index (χ4v) is 1.87. The zero-order valence-corrected chi connectivity index (χ0v) is 10.9. The Kier molecular flexibility index (Phi) is 3.66. The molecule has 1 aromatic carbocycles. The minimum atomic E-state index is -1.06. The Morgan fingerprint density at radius 2 is 2.11 bits per heavy atom. The number of pyridine rings is 1. The summed E-state index contributed by atoms with van der Waals surface area (Å²) in [5.74, 6) is -1.44. The molecular weight excluding hydrogens is 268 g/mol. The van der Waals surface area contributed by atoms with Crippen LogP contribution in [0.4, 0.5) is 0 Å². The summed E-state index contributed by atoms with van der Waals surface area (Å²) in [6.45, 7) is -0.350. The van der Waals surface area contributed by atoms with Gasteiger partial charge in [0.25, 0.3) is 5.91 Å². The van der Waals surface area contributed by atoms with Gasteiger partial charge in [-0.25, -0.2) is 0 Å². The number of nitrogens with zero attached hydrogens (tertiary/aromatic N) is 2. The minimum Gasteiger partial charge on any atom is -0.480 e. The second-order valence-corrected chi connectivity index (χ2v) is 4.55. The van der Waals surface area contributed by atoms with E-state index >= 15 is 0 Å². The van der Waals surface area contributed by atoms with Crippen LogP contribution in [0.25, 0.3) is 10.9 Å². The van der Waals surface area contributed by atoms with E-state index in [0.717, 1.165) is 10.3 Å². The first-order valence-electron chi connectivity index (χ1n) is 5.50. The highest BCUT2D eigenvalue weighted by molar-refractivity contribution is 6.31. The maximum Gasteiger partial charge on any atom is 0.323 e. The number of aromatic nitrogens is 1. The number of carbonyl (C=O) groups is 2. The number of carboxylic acids is 1. The van der Waals surface area contributed by atoms with Gasteiger partial charge in [-0.3, -0.25) is 14.6 Å². The zero-order valence-electron chi connectivity index (χ0n) is 10.1. The Hall–Kier alpha value is -2.14. The molecule has 1 aromatic heterocycles. The maximum atomic E-state index is 12.0. The number of amides is 1. The molecule has 0 aliphatic rings. The molecule has 0 bridgehead atoms. The summed E-state index contributed by atoms with van der Waals surface area (Å²) in [4.78, 5) is 27.8. The van der Waals surface area contributed by atoms with Crippen molar-refractivity contribution in [3.05, 3.63) is 41.0 Å². The van der Waals surface area contributed by atoms with Crippen molar-refractivity contribution < 1.29 is 14.7 Å². The monoisotopic (exact) mass is 278 g/mol. The van der Waals surface area contributed by atoms with Crippen LogP contribution in [0.3, 0.4) is 0 Å². The Balaban J connectivity index is 2.33. The molecule has 0 unspecified atom stereocenters. The summed E-state index contributed by atoms with van der Waals surface area (Å²) < 4.78 is 0. The van der Waals surface area contributed by atoms with Gasteiger partial charge < -0.3 is 10.0 Å². The second kappa shape index (κ2) is 5.24. The van der Waals surface area contributed by atoms with E-state index in [-0.39, 0.29) is 12.5 Å². The van der Waals surface area contributed by atoms with Gasteiger partial charge in [0.05, 0.1) is 11.1 Å². The second-order valence-electron chi connectivity index (χ2n) is 4.12. The number of carboxylic acid groups (broad SMARTS) is 1. The average Bonchev–Trinajstić information content (AvgIpc) is 2.36. The number of carbonyl (C=O) groups excluding carboxylic acids is 1. The van der Waals surface area contributed by atoms with Gasteiger partial charge >= 0.3 is 5.97 Å². The minimum absolute atomic E-state index is 0.346. The summed E-state index contributed by atoms with van der Waals surface area (Å²) in [6.07, 6.45) is 1.42. The molecule has 5 nitrogen and oxygen atoms in total. The van der Waals surface area contributed by atoms with Gasteiger partial charge in [0.15, 0.2) is 0 Å². The Labute approximate surface area is 114 Å². The molecule has 0 radical (unpaired) electrons. The first kappa shape index (κ1) is 13.3. The van der Waals surface area contributed by atoms with E-state index < -0.39 is 5.97 Å². The highest BCUT2D eigenvalue weighted by Gasteiger charge is 2.15. The number of hydrogen-bond donors (Lipinski definition) is 1. The van der Waals surface area contributed by atoms with Crippen LogP contribution < -0.4 is 0 Å².